The van der Waals surface area contributed by atoms with Crippen molar-refractivity contribution in [3.05, 3.63) is 35.1 Å². The molecule has 0 fully saturated rings. The molecule has 14 heavy (non-hydrogen) atoms. The number of carbonyl (C=O) groups is 1. The van der Waals surface area contributed by atoms with Crippen molar-refractivity contribution in [3.63, 3.8) is 0 Å². The number of hydrogen-bond donors (Lipinski definition) is 1. The molecule has 0 spiro atoms. The van der Waals surface area contributed by atoms with Crippen molar-refractivity contribution in [1.82, 2.24) is 0 Å². The Morgan fingerprint density at radius 2 is 1.79 bits per heavy atom. The van der Waals surface area contributed by atoms with Gasteiger partial charge in [0.2, 0.25) is 0 Å². The molecule has 0 aromatic heterocycles. The van der Waals surface area contributed by atoms with Gasteiger partial charge in [-0.15, -0.1) is 0 Å². The van der Waals surface area contributed by atoms with Crippen LogP contribution in [0.1, 0.15) is 29.8 Å². The van der Waals surface area contributed by atoms with Crippen molar-refractivity contribution in [3.8, 4) is 0 Å². The molecular weight excluding hydrogens is 183 g/mol. The summed E-state index contributed by atoms with van der Waals surface area (Å²) >= 11 is 0. The molecule has 0 saturated carbocycles. The first kappa shape index (κ1) is 15.3. The Morgan fingerprint density at radius 3 is 2.14 bits per heavy atom. The van der Waals surface area contributed by atoms with E-state index in [-0.39, 0.29) is 5.82 Å². The van der Waals surface area contributed by atoms with Crippen LogP contribution in [-0.4, -0.2) is 18.5 Å². The second kappa shape index (κ2) is 9.86. The highest BCUT2D eigenvalue weighted by molar-refractivity contribution is 5.74. The van der Waals surface area contributed by atoms with E-state index in [0.29, 0.717) is 17.4 Å². The van der Waals surface area contributed by atoms with Gasteiger partial charge < -0.3 is 5.11 Å². The van der Waals surface area contributed by atoms with E-state index in [1.165, 1.54) is 6.07 Å². The van der Waals surface area contributed by atoms with Gasteiger partial charge in [0, 0.05) is 12.7 Å². The minimum Gasteiger partial charge on any atom is -0.400 e. The van der Waals surface area contributed by atoms with Gasteiger partial charge in [0.05, 0.1) is 0 Å². The van der Waals surface area contributed by atoms with Gasteiger partial charge in [-0.25, -0.2) is 4.39 Å². The molecule has 1 rings (SSSR count). The zero-order valence-electron chi connectivity index (χ0n) is 9.04. The highest BCUT2D eigenvalue weighted by atomic mass is 19.1. The fraction of sp³-hybridized carbons (Fsp3) is 0.364. The van der Waals surface area contributed by atoms with Crippen molar-refractivity contribution in [2.24, 2.45) is 0 Å². The third-order valence-electron chi connectivity index (χ3n) is 1.33. The van der Waals surface area contributed by atoms with Crippen LogP contribution in [0.25, 0.3) is 0 Å². The van der Waals surface area contributed by atoms with E-state index in [2.05, 4.69) is 0 Å². The normalized spacial score (nSPS) is 7.57. The van der Waals surface area contributed by atoms with E-state index < -0.39 is 0 Å². The second-order valence-electron chi connectivity index (χ2n) is 2.13. The van der Waals surface area contributed by atoms with Crippen molar-refractivity contribution >= 4 is 6.29 Å². The molecule has 3 heteroatoms. The van der Waals surface area contributed by atoms with E-state index in [0.717, 1.165) is 7.11 Å². The number of benzene rings is 1. The molecule has 0 radical (unpaired) electrons. The predicted octanol–water partition coefficient (Wildman–Crippen LogP) is 2.58. The highest BCUT2D eigenvalue weighted by Crippen LogP contribution is 2.06. The Kier molecular flexibility index (Phi) is 10.8. The molecule has 2 nitrogen and oxygen atoms in total. The van der Waals surface area contributed by atoms with Crippen molar-refractivity contribution in [2.45, 2.75) is 20.8 Å². The van der Waals surface area contributed by atoms with Gasteiger partial charge in [0.1, 0.15) is 12.1 Å². The number of aldehydes is 1. The lowest BCUT2D eigenvalue weighted by Gasteiger charge is -1.94. The van der Waals surface area contributed by atoms with E-state index in [1.807, 2.05) is 13.8 Å². The van der Waals surface area contributed by atoms with Crippen LogP contribution in [-0.2, 0) is 0 Å². The number of carbonyl (C=O) groups excluding carboxylic acids is 1. The van der Waals surface area contributed by atoms with Crippen LogP contribution in [0.15, 0.2) is 18.2 Å². The lowest BCUT2D eigenvalue weighted by molar-refractivity contribution is 0.112. The van der Waals surface area contributed by atoms with Crippen molar-refractivity contribution < 1.29 is 14.3 Å². The van der Waals surface area contributed by atoms with Crippen LogP contribution < -0.4 is 0 Å². The second-order valence-corrected chi connectivity index (χ2v) is 2.13. The predicted molar refractivity (Wildman–Crippen MR) is 56.0 cm³/mol. The van der Waals surface area contributed by atoms with Gasteiger partial charge in [-0.05, 0) is 18.6 Å². The Bertz CT molecular complexity index is 259. The molecule has 1 aromatic rings. The number of hydrogen-bond acceptors (Lipinski definition) is 2. The Balaban J connectivity index is 0. The highest BCUT2D eigenvalue weighted by Gasteiger charge is 1.96. The Hall–Kier alpha value is -1.22. The zero-order chi connectivity index (χ0) is 11.6. The van der Waals surface area contributed by atoms with Gasteiger partial charge in [0.25, 0.3) is 0 Å². The Morgan fingerprint density at radius 1 is 1.29 bits per heavy atom. The van der Waals surface area contributed by atoms with Crippen LogP contribution in [0.3, 0.4) is 0 Å². The maximum Gasteiger partial charge on any atom is 0.150 e. The summed E-state index contributed by atoms with van der Waals surface area (Å²) in [4.78, 5) is 10.1. The molecule has 80 valence electrons. The minimum absolute atomic E-state index is 0.329. The molecule has 0 atom stereocenters. The van der Waals surface area contributed by atoms with Gasteiger partial charge in [-0.2, -0.15) is 0 Å². The quantitative estimate of drug-likeness (QED) is 0.707. The first-order chi connectivity index (χ1) is 6.74. The molecule has 1 aromatic carbocycles. The molecule has 0 heterocycles. The molecule has 0 bridgehead atoms. The maximum atomic E-state index is 12.6. The summed E-state index contributed by atoms with van der Waals surface area (Å²) < 4.78 is 12.6. The maximum absolute atomic E-state index is 12.6. The van der Waals surface area contributed by atoms with E-state index in [9.17, 15) is 9.18 Å². The molecule has 0 saturated heterocycles. The van der Waals surface area contributed by atoms with Crippen LogP contribution in [0.5, 0.6) is 0 Å². The SMILES string of the molecule is CC.CO.Cc1ccc(C=O)cc1F. The van der Waals surface area contributed by atoms with Crippen molar-refractivity contribution in [1.29, 1.82) is 0 Å². The van der Waals surface area contributed by atoms with Gasteiger partial charge in [-0.1, -0.05) is 26.0 Å². The summed E-state index contributed by atoms with van der Waals surface area (Å²) in [6.45, 7) is 5.66. The first-order valence-electron chi connectivity index (χ1n) is 4.40. The van der Waals surface area contributed by atoms with Crippen LogP contribution in [0.2, 0.25) is 0 Å². The van der Waals surface area contributed by atoms with Crippen molar-refractivity contribution in [2.75, 3.05) is 7.11 Å². The number of aryl methyl sites for hydroxylation is 1. The summed E-state index contributed by atoms with van der Waals surface area (Å²) in [5.74, 6) is -0.329. The van der Waals surface area contributed by atoms with Gasteiger partial charge in [-0.3, -0.25) is 4.79 Å². The van der Waals surface area contributed by atoms with E-state index in [1.54, 1.807) is 19.1 Å². The summed E-state index contributed by atoms with van der Waals surface area (Å²) in [6, 6.07) is 4.40. The lowest BCUT2D eigenvalue weighted by Crippen LogP contribution is -1.85. The Labute approximate surface area is 84.4 Å². The number of halogens is 1. The molecule has 0 aliphatic heterocycles. The summed E-state index contributed by atoms with van der Waals surface area (Å²) in [5.41, 5.74) is 0.939. The van der Waals surface area contributed by atoms with Gasteiger partial charge in [0.15, 0.2) is 0 Å². The third-order valence-corrected chi connectivity index (χ3v) is 1.33. The van der Waals surface area contributed by atoms with Gasteiger partial charge >= 0.3 is 0 Å². The van der Waals surface area contributed by atoms with E-state index >= 15 is 0 Å². The fourth-order valence-electron chi connectivity index (χ4n) is 0.682. The average Bonchev–Trinajstić information content (AvgIpc) is 2.28. The third kappa shape index (κ3) is 5.43. The number of aliphatic hydroxyl groups is 1. The standard InChI is InChI=1S/C8H7FO.C2H6.CH4O/c1-6-2-3-7(5-10)4-8(6)9;2*1-2/h2-5H,1H3;1-2H3;2H,1H3. The minimum atomic E-state index is -0.329. The summed E-state index contributed by atoms with van der Waals surface area (Å²) in [5, 5.41) is 7.00. The number of aliphatic hydroxyl groups excluding tert-OH is 1. The van der Waals surface area contributed by atoms with Crippen LogP contribution in [0, 0.1) is 12.7 Å². The fourth-order valence-corrected chi connectivity index (χ4v) is 0.682. The molecule has 1 N–H and O–H groups in total. The smallest absolute Gasteiger partial charge is 0.150 e. The first-order valence-corrected chi connectivity index (χ1v) is 4.40. The summed E-state index contributed by atoms with van der Waals surface area (Å²) in [6.07, 6.45) is 0.628. The molecule has 0 amide bonds. The number of rotatable bonds is 1. The largest absolute Gasteiger partial charge is 0.400 e. The van der Waals surface area contributed by atoms with Crippen LogP contribution in [0.4, 0.5) is 4.39 Å². The van der Waals surface area contributed by atoms with E-state index in [4.69, 9.17) is 5.11 Å². The summed E-state index contributed by atoms with van der Waals surface area (Å²) in [7, 11) is 1.00. The molecule has 0 unspecified atom stereocenters. The van der Waals surface area contributed by atoms with Crippen LogP contribution >= 0.6 is 0 Å². The monoisotopic (exact) mass is 200 g/mol. The zero-order valence-corrected chi connectivity index (χ0v) is 9.04. The molecule has 0 aliphatic rings. The molecular formula is C11H17FO2. The lowest BCUT2D eigenvalue weighted by atomic mass is 10.1. The topological polar surface area (TPSA) is 37.3 Å². The molecule has 0 aliphatic carbocycles. The average molecular weight is 200 g/mol.